The standard InChI is InChI=1S/C9H15AsBr2/c1-7(2)10(11,12,8(3)4)9(5)6/h1,3,5H2,2,4,6H3. The molecule has 0 aliphatic rings. The molecule has 0 spiro atoms. The summed E-state index contributed by atoms with van der Waals surface area (Å²) >= 11 is 7.56. The summed E-state index contributed by atoms with van der Waals surface area (Å²) in [5.74, 6) is 0. The van der Waals surface area contributed by atoms with Crippen LogP contribution in [0.5, 0.6) is 0 Å². The average molecular weight is 358 g/mol. The quantitative estimate of drug-likeness (QED) is 0.651. The fourth-order valence-corrected chi connectivity index (χ4v) is 5.08. The molecule has 0 radical (unpaired) electrons. The van der Waals surface area contributed by atoms with Gasteiger partial charge in [0.1, 0.15) is 0 Å². The van der Waals surface area contributed by atoms with Gasteiger partial charge in [0.05, 0.1) is 0 Å². The van der Waals surface area contributed by atoms with Crippen LogP contribution in [-0.2, 0) is 0 Å². The van der Waals surface area contributed by atoms with Gasteiger partial charge in [-0.25, -0.2) is 0 Å². The van der Waals surface area contributed by atoms with Gasteiger partial charge in [0.15, 0.2) is 0 Å². The van der Waals surface area contributed by atoms with Crippen LogP contribution in [0.25, 0.3) is 0 Å². The van der Waals surface area contributed by atoms with E-state index in [0.29, 0.717) is 0 Å². The van der Waals surface area contributed by atoms with Crippen molar-refractivity contribution in [2.75, 3.05) is 0 Å². The predicted octanol–water partition coefficient (Wildman–Crippen LogP) is 4.52. The molecule has 12 heavy (non-hydrogen) atoms. The van der Waals surface area contributed by atoms with Gasteiger partial charge in [0, 0.05) is 0 Å². The van der Waals surface area contributed by atoms with Crippen LogP contribution in [0.15, 0.2) is 32.8 Å². The molecule has 0 bridgehead atoms. The van der Waals surface area contributed by atoms with Gasteiger partial charge in [0.25, 0.3) is 0 Å². The molecular formula is C9H15AsBr2. The van der Waals surface area contributed by atoms with Crippen LogP contribution in [0.2, 0.25) is 0 Å². The molecule has 0 saturated carbocycles. The van der Waals surface area contributed by atoms with Crippen molar-refractivity contribution in [3.05, 3.63) is 32.8 Å². The normalized spacial score (nSPS) is 14.6. The molecule has 0 aliphatic carbocycles. The molecule has 0 fully saturated rings. The zero-order valence-electron chi connectivity index (χ0n) is 7.82. The fraction of sp³-hybridized carbons (Fsp3) is 0.333. The van der Waals surface area contributed by atoms with Crippen molar-refractivity contribution in [1.82, 2.24) is 0 Å². The number of hydrogen-bond acceptors (Lipinski definition) is 0. The van der Waals surface area contributed by atoms with Crippen molar-refractivity contribution < 1.29 is 0 Å². The van der Waals surface area contributed by atoms with E-state index in [2.05, 4.69) is 47.6 Å². The van der Waals surface area contributed by atoms with E-state index in [4.69, 9.17) is 0 Å². The van der Waals surface area contributed by atoms with E-state index in [0.717, 1.165) is 13.1 Å². The van der Waals surface area contributed by atoms with Crippen LogP contribution in [-0.4, -0.2) is 8.72 Å². The van der Waals surface area contributed by atoms with Gasteiger partial charge in [-0.3, -0.25) is 0 Å². The van der Waals surface area contributed by atoms with E-state index in [9.17, 15) is 0 Å². The van der Waals surface area contributed by atoms with Crippen molar-refractivity contribution in [2.24, 2.45) is 0 Å². The molecule has 0 nitrogen and oxygen atoms in total. The van der Waals surface area contributed by atoms with Crippen LogP contribution in [0.3, 0.4) is 0 Å². The van der Waals surface area contributed by atoms with E-state index in [1.54, 1.807) is 0 Å². The second kappa shape index (κ2) is 3.47. The zero-order chi connectivity index (χ0) is 10.2. The molecule has 70 valence electrons. The molecule has 0 amide bonds. The summed E-state index contributed by atoms with van der Waals surface area (Å²) in [6.45, 7) is 18.1. The third-order valence-electron chi connectivity index (χ3n) is 2.01. The van der Waals surface area contributed by atoms with E-state index >= 15 is 0 Å². The molecule has 0 aromatic rings. The molecule has 0 aliphatic heterocycles. The van der Waals surface area contributed by atoms with Gasteiger partial charge >= 0.3 is 90.2 Å². The molecule has 0 atom stereocenters. The molecule has 0 N–H and O–H groups in total. The van der Waals surface area contributed by atoms with Crippen LogP contribution in [0.1, 0.15) is 20.8 Å². The summed E-state index contributed by atoms with van der Waals surface area (Å²) in [6.07, 6.45) is 0. The number of hydrogen-bond donors (Lipinski definition) is 0. The van der Waals surface area contributed by atoms with Gasteiger partial charge in [-0.1, -0.05) is 0 Å². The molecule has 3 heteroatoms. The second-order valence-corrected chi connectivity index (χ2v) is 31.4. The summed E-state index contributed by atoms with van der Waals surface area (Å²) in [5.41, 5.74) is 0. The van der Waals surface area contributed by atoms with E-state index in [1.165, 1.54) is 0 Å². The molecule has 0 saturated heterocycles. The summed E-state index contributed by atoms with van der Waals surface area (Å²) < 4.78 is 3.32. The van der Waals surface area contributed by atoms with Crippen molar-refractivity contribution in [1.29, 1.82) is 0 Å². The molecular weight excluding hydrogens is 343 g/mol. The Morgan fingerprint density at radius 3 is 1.00 bits per heavy atom. The monoisotopic (exact) mass is 356 g/mol. The van der Waals surface area contributed by atoms with E-state index in [-0.39, 0.29) is 0 Å². The number of rotatable bonds is 3. The zero-order valence-corrected chi connectivity index (χ0v) is 12.9. The Morgan fingerprint density at radius 1 is 0.833 bits per heavy atom. The van der Waals surface area contributed by atoms with Gasteiger partial charge in [0.2, 0.25) is 0 Å². The minimum atomic E-state index is -2.98. The number of halogens is 2. The van der Waals surface area contributed by atoms with Gasteiger partial charge in [-0.2, -0.15) is 0 Å². The Morgan fingerprint density at radius 2 is 1.00 bits per heavy atom. The SMILES string of the molecule is C=C(C)[As](Br)(Br)(C(=C)C)C(=C)C. The van der Waals surface area contributed by atoms with Crippen LogP contribution in [0.4, 0.5) is 0 Å². The van der Waals surface area contributed by atoms with Crippen molar-refractivity contribution >= 4 is 36.6 Å². The third-order valence-corrected chi connectivity index (χ3v) is 29.3. The minimum absolute atomic E-state index is 1.11. The fourth-order valence-electron chi connectivity index (χ4n) is 0.977. The Hall–Kier alpha value is 0.738. The van der Waals surface area contributed by atoms with Crippen LogP contribution >= 0.6 is 27.9 Å². The summed E-state index contributed by atoms with van der Waals surface area (Å²) in [6, 6.07) is 0. The van der Waals surface area contributed by atoms with Crippen molar-refractivity contribution in [3.8, 4) is 0 Å². The summed E-state index contributed by atoms with van der Waals surface area (Å²) in [5, 5.41) is 0. The average Bonchev–Trinajstić information content (AvgIpc) is 1.86. The Balaban J connectivity index is 5.56. The first kappa shape index (κ1) is 12.7. The van der Waals surface area contributed by atoms with E-state index < -0.39 is 8.72 Å². The van der Waals surface area contributed by atoms with Gasteiger partial charge in [-0.15, -0.1) is 0 Å². The topological polar surface area (TPSA) is 0 Å². The summed E-state index contributed by atoms with van der Waals surface area (Å²) in [4.78, 5) is 0. The Bertz CT molecular complexity index is 221. The molecule has 0 unspecified atom stereocenters. The van der Waals surface area contributed by atoms with Crippen LogP contribution < -0.4 is 0 Å². The summed E-state index contributed by atoms with van der Waals surface area (Å²) in [7, 11) is -2.98. The van der Waals surface area contributed by atoms with Gasteiger partial charge in [-0.05, 0) is 0 Å². The van der Waals surface area contributed by atoms with Gasteiger partial charge < -0.3 is 0 Å². The molecule has 0 rings (SSSR count). The predicted molar refractivity (Wildman–Crippen MR) is 68.1 cm³/mol. The molecule has 0 heterocycles. The molecule has 0 aromatic carbocycles. The van der Waals surface area contributed by atoms with E-state index in [1.807, 2.05) is 20.8 Å². The third kappa shape index (κ3) is 1.66. The Kier molecular flexibility index (Phi) is 3.69. The maximum atomic E-state index is 4.01. The first-order chi connectivity index (χ1) is 5.13. The van der Waals surface area contributed by atoms with Crippen molar-refractivity contribution in [2.45, 2.75) is 20.8 Å². The number of allylic oxidation sites excluding steroid dienone is 3. The van der Waals surface area contributed by atoms with Crippen LogP contribution in [0, 0.1) is 0 Å². The second-order valence-electron chi connectivity index (χ2n) is 3.11. The maximum absolute atomic E-state index is 4.01. The molecule has 0 aromatic heterocycles. The Labute approximate surface area is 89.6 Å². The van der Waals surface area contributed by atoms with Crippen molar-refractivity contribution in [3.63, 3.8) is 0 Å². The first-order valence-electron chi connectivity index (χ1n) is 3.57. The first-order valence-corrected chi connectivity index (χ1v) is 15.2.